The van der Waals surface area contributed by atoms with E-state index in [1.807, 2.05) is 6.92 Å². The number of ether oxygens (including phenoxy) is 1. The van der Waals surface area contributed by atoms with Gasteiger partial charge in [-0.1, -0.05) is 19.3 Å². The Labute approximate surface area is 146 Å². The van der Waals surface area contributed by atoms with Crippen molar-refractivity contribution in [3.8, 4) is 18.1 Å². The smallest absolute Gasteiger partial charge is 0.319 e. The summed E-state index contributed by atoms with van der Waals surface area (Å²) in [6, 6.07) is 6.89. The predicted octanol–water partition coefficient (Wildman–Crippen LogP) is 2.90. The van der Waals surface area contributed by atoms with E-state index in [0.29, 0.717) is 17.2 Å². The summed E-state index contributed by atoms with van der Waals surface area (Å²) >= 11 is 0. The number of carbonyl (C=O) groups excluding carboxylic acids is 1. The van der Waals surface area contributed by atoms with Gasteiger partial charge in [0.05, 0.1) is 0 Å². The molecule has 3 unspecified atom stereocenters. The van der Waals surface area contributed by atoms with Crippen LogP contribution in [0.15, 0.2) is 24.3 Å². The van der Waals surface area contributed by atoms with E-state index in [-0.39, 0.29) is 23.9 Å². The van der Waals surface area contributed by atoms with Crippen LogP contribution < -0.4 is 15.4 Å². The Morgan fingerprint density at radius 2 is 2.12 bits per heavy atom. The molecule has 0 aliphatic heterocycles. The van der Waals surface area contributed by atoms with Gasteiger partial charge in [0.1, 0.15) is 12.4 Å². The lowest BCUT2D eigenvalue weighted by Gasteiger charge is -2.29. The van der Waals surface area contributed by atoms with E-state index in [4.69, 9.17) is 11.2 Å². The molecule has 2 amide bonds. The van der Waals surface area contributed by atoms with Crippen LogP contribution in [0.1, 0.15) is 32.6 Å². The van der Waals surface area contributed by atoms with Gasteiger partial charge in [-0.05, 0) is 43.5 Å². The van der Waals surface area contributed by atoms with Crippen molar-refractivity contribution >= 4 is 22.5 Å². The summed E-state index contributed by atoms with van der Waals surface area (Å²) in [5.41, 5.74) is 0.685. The highest BCUT2D eigenvalue weighted by Gasteiger charge is 2.26. The van der Waals surface area contributed by atoms with Crippen LogP contribution in [0.3, 0.4) is 0 Å². The van der Waals surface area contributed by atoms with Crippen molar-refractivity contribution in [2.45, 2.75) is 43.9 Å². The van der Waals surface area contributed by atoms with Gasteiger partial charge in [0, 0.05) is 33.5 Å². The van der Waals surface area contributed by atoms with Gasteiger partial charge in [-0.2, -0.15) is 0 Å². The van der Waals surface area contributed by atoms with E-state index in [1.54, 1.807) is 24.3 Å². The van der Waals surface area contributed by atoms with Gasteiger partial charge in [0.15, 0.2) is 0 Å². The molecular formula is C18H24N2O3S. The first-order chi connectivity index (χ1) is 11.6. The molecule has 3 atom stereocenters. The number of hydrogen-bond donors (Lipinski definition) is 2. The average molecular weight is 348 g/mol. The quantitative estimate of drug-likeness (QED) is 0.777. The maximum atomic E-state index is 12.1. The number of hydrogen-bond acceptors (Lipinski definition) is 3. The minimum atomic E-state index is -0.792. The standard InChI is InChI=1S/C18H24N2O3S/c1-3-12-23-16-10-8-14(9-11-16)19-18(21)20-15-6-5-7-17(13-15)24(22)4-2/h1,8-11,15,17H,4-7,12-13H2,2H3,(H2,19,20,21). The maximum Gasteiger partial charge on any atom is 0.319 e. The van der Waals surface area contributed by atoms with E-state index in [9.17, 15) is 9.00 Å². The van der Waals surface area contributed by atoms with E-state index in [1.165, 1.54) is 0 Å². The van der Waals surface area contributed by atoms with Crippen molar-refractivity contribution in [2.24, 2.45) is 0 Å². The molecule has 2 rings (SSSR count). The second kappa shape index (κ2) is 9.33. The molecule has 1 saturated carbocycles. The molecule has 1 aliphatic rings. The Morgan fingerprint density at radius 3 is 2.79 bits per heavy atom. The zero-order chi connectivity index (χ0) is 17.4. The van der Waals surface area contributed by atoms with Gasteiger partial charge in [0.2, 0.25) is 0 Å². The highest BCUT2D eigenvalue weighted by Crippen LogP contribution is 2.23. The number of nitrogens with one attached hydrogen (secondary N) is 2. The summed E-state index contributed by atoms with van der Waals surface area (Å²) in [7, 11) is -0.792. The Hall–Kier alpha value is -2.00. The molecule has 0 spiro atoms. The van der Waals surface area contributed by atoms with Crippen LogP contribution in [0.4, 0.5) is 10.5 Å². The van der Waals surface area contributed by atoms with Gasteiger partial charge in [-0.15, -0.1) is 6.42 Å². The highest BCUT2D eigenvalue weighted by atomic mass is 32.2. The second-order valence-corrected chi connectivity index (χ2v) is 7.78. The molecular weight excluding hydrogens is 324 g/mol. The van der Waals surface area contributed by atoms with Gasteiger partial charge < -0.3 is 15.4 Å². The first kappa shape index (κ1) is 18.3. The number of anilines is 1. The summed E-state index contributed by atoms with van der Waals surface area (Å²) < 4.78 is 17.2. The normalized spacial score (nSPS) is 21.3. The van der Waals surface area contributed by atoms with Gasteiger partial charge in [-0.3, -0.25) is 4.21 Å². The fraction of sp³-hybridized carbons (Fsp3) is 0.500. The number of terminal acetylenes is 1. The van der Waals surface area contributed by atoms with Crippen molar-refractivity contribution < 1.29 is 13.7 Å². The summed E-state index contributed by atoms with van der Waals surface area (Å²) in [5, 5.41) is 5.99. The molecule has 0 radical (unpaired) electrons. The third kappa shape index (κ3) is 5.57. The Kier molecular flexibility index (Phi) is 7.13. The van der Waals surface area contributed by atoms with Crippen LogP contribution in [0.5, 0.6) is 5.75 Å². The fourth-order valence-corrected chi connectivity index (χ4v) is 4.21. The second-order valence-electron chi connectivity index (χ2n) is 5.77. The zero-order valence-corrected chi connectivity index (χ0v) is 14.7. The van der Waals surface area contributed by atoms with Gasteiger partial charge in [0.25, 0.3) is 0 Å². The summed E-state index contributed by atoms with van der Waals surface area (Å²) in [5.74, 6) is 3.74. The number of carbonyl (C=O) groups is 1. The van der Waals surface area contributed by atoms with Crippen LogP contribution >= 0.6 is 0 Å². The SMILES string of the molecule is C#CCOc1ccc(NC(=O)NC2CCCC(S(=O)CC)C2)cc1. The molecule has 0 bridgehead atoms. The molecule has 0 saturated heterocycles. The largest absolute Gasteiger partial charge is 0.481 e. The molecule has 0 heterocycles. The zero-order valence-electron chi connectivity index (χ0n) is 13.9. The molecule has 24 heavy (non-hydrogen) atoms. The molecule has 5 nitrogen and oxygen atoms in total. The molecule has 1 aliphatic carbocycles. The van der Waals surface area contributed by atoms with Gasteiger partial charge in [-0.25, -0.2) is 4.79 Å². The number of benzene rings is 1. The summed E-state index contributed by atoms with van der Waals surface area (Å²) in [6.45, 7) is 2.16. The fourth-order valence-electron chi connectivity index (χ4n) is 2.86. The van der Waals surface area contributed by atoms with Crippen molar-refractivity contribution in [3.05, 3.63) is 24.3 Å². The summed E-state index contributed by atoms with van der Waals surface area (Å²) in [6.07, 6.45) is 8.85. The number of rotatable bonds is 6. The highest BCUT2D eigenvalue weighted by molar-refractivity contribution is 7.85. The lowest BCUT2D eigenvalue weighted by molar-refractivity contribution is 0.244. The van der Waals surface area contributed by atoms with E-state index in [0.717, 1.165) is 25.7 Å². The third-order valence-electron chi connectivity index (χ3n) is 4.05. The van der Waals surface area contributed by atoms with Crippen LogP contribution in [0.2, 0.25) is 0 Å². The molecule has 1 aromatic carbocycles. The Balaban J connectivity index is 1.82. The van der Waals surface area contributed by atoms with Crippen LogP contribution in [0, 0.1) is 12.3 Å². The molecule has 2 N–H and O–H groups in total. The van der Waals surface area contributed by atoms with Gasteiger partial charge >= 0.3 is 6.03 Å². The average Bonchev–Trinajstić information content (AvgIpc) is 2.60. The van der Waals surface area contributed by atoms with E-state index >= 15 is 0 Å². The lowest BCUT2D eigenvalue weighted by Crippen LogP contribution is -2.42. The van der Waals surface area contributed by atoms with Crippen LogP contribution in [0.25, 0.3) is 0 Å². The lowest BCUT2D eigenvalue weighted by atomic mass is 9.95. The topological polar surface area (TPSA) is 67.4 Å². The van der Waals surface area contributed by atoms with Crippen molar-refractivity contribution in [3.63, 3.8) is 0 Å². The third-order valence-corrected chi connectivity index (χ3v) is 5.79. The summed E-state index contributed by atoms with van der Waals surface area (Å²) in [4.78, 5) is 12.1. The van der Waals surface area contributed by atoms with E-state index < -0.39 is 10.8 Å². The number of amides is 2. The van der Waals surface area contributed by atoms with Crippen molar-refractivity contribution in [1.29, 1.82) is 0 Å². The Bertz CT molecular complexity index is 610. The molecule has 1 fully saturated rings. The molecule has 6 heteroatoms. The van der Waals surface area contributed by atoms with E-state index in [2.05, 4.69) is 16.6 Å². The molecule has 1 aromatic rings. The number of urea groups is 1. The minimum Gasteiger partial charge on any atom is -0.481 e. The predicted molar refractivity (Wildman–Crippen MR) is 97.7 cm³/mol. The molecule has 130 valence electrons. The van der Waals surface area contributed by atoms with Crippen molar-refractivity contribution in [2.75, 3.05) is 17.7 Å². The monoisotopic (exact) mass is 348 g/mol. The maximum absolute atomic E-state index is 12.1. The Morgan fingerprint density at radius 1 is 1.38 bits per heavy atom. The van der Waals surface area contributed by atoms with Crippen LogP contribution in [-0.4, -0.2) is 33.9 Å². The molecule has 0 aromatic heterocycles. The van der Waals surface area contributed by atoms with Crippen LogP contribution in [-0.2, 0) is 10.8 Å². The minimum absolute atomic E-state index is 0.0810. The van der Waals surface area contributed by atoms with Crippen molar-refractivity contribution in [1.82, 2.24) is 5.32 Å². The first-order valence-corrected chi connectivity index (χ1v) is 9.61. The first-order valence-electron chi connectivity index (χ1n) is 8.23.